The van der Waals surface area contributed by atoms with Gasteiger partial charge in [0.2, 0.25) is 0 Å². The summed E-state index contributed by atoms with van der Waals surface area (Å²) in [6.07, 6.45) is 3.18. The fourth-order valence-corrected chi connectivity index (χ4v) is 1.92. The van der Waals surface area contributed by atoms with Gasteiger partial charge in [0.1, 0.15) is 0 Å². The number of hydrogen-bond donors (Lipinski definition) is 3. The van der Waals surface area contributed by atoms with E-state index in [1.165, 1.54) is 22.9 Å². The second kappa shape index (κ2) is 6.42. The van der Waals surface area contributed by atoms with Crippen LogP contribution in [0.4, 0.5) is 0 Å². The summed E-state index contributed by atoms with van der Waals surface area (Å²) in [4.78, 5) is 3.21. The molecule has 2 rings (SSSR count). The van der Waals surface area contributed by atoms with Crippen molar-refractivity contribution in [3.05, 3.63) is 36.0 Å². The van der Waals surface area contributed by atoms with Crippen LogP contribution in [0.1, 0.15) is 18.9 Å². The second-order valence-corrected chi connectivity index (χ2v) is 4.33. The lowest BCUT2D eigenvalue weighted by Gasteiger charge is -2.06. The first-order valence-electron chi connectivity index (χ1n) is 6.37. The number of nitrogens with one attached hydrogen (secondary N) is 3. The molecule has 0 fully saturated rings. The third kappa shape index (κ3) is 3.58. The molecular formula is C14H21N3. The highest BCUT2D eigenvalue weighted by atomic mass is 14.9. The van der Waals surface area contributed by atoms with Crippen LogP contribution >= 0.6 is 0 Å². The SMILES string of the molecule is CCCNCCNCc1ccc2[nH]ccc2c1. The molecule has 0 amide bonds. The molecule has 17 heavy (non-hydrogen) atoms. The van der Waals surface area contributed by atoms with Gasteiger partial charge in [-0.1, -0.05) is 13.0 Å². The zero-order valence-corrected chi connectivity index (χ0v) is 10.4. The van der Waals surface area contributed by atoms with E-state index in [-0.39, 0.29) is 0 Å². The van der Waals surface area contributed by atoms with E-state index in [0.29, 0.717) is 0 Å². The summed E-state index contributed by atoms with van der Waals surface area (Å²) in [7, 11) is 0. The first kappa shape index (κ1) is 12.1. The minimum atomic E-state index is 0.939. The Bertz CT molecular complexity index is 447. The summed E-state index contributed by atoms with van der Waals surface area (Å²) >= 11 is 0. The Morgan fingerprint density at radius 2 is 1.94 bits per heavy atom. The standard InChI is InChI=1S/C14H21N3/c1-2-6-15-8-9-16-11-12-3-4-14-13(10-12)5-7-17-14/h3-5,7,10,15-17H,2,6,8-9,11H2,1H3. The second-order valence-electron chi connectivity index (χ2n) is 4.33. The van der Waals surface area contributed by atoms with Gasteiger partial charge >= 0.3 is 0 Å². The quantitative estimate of drug-likeness (QED) is 0.640. The van der Waals surface area contributed by atoms with E-state index in [4.69, 9.17) is 0 Å². The molecule has 92 valence electrons. The van der Waals surface area contributed by atoms with Gasteiger partial charge in [-0.15, -0.1) is 0 Å². The lowest BCUT2D eigenvalue weighted by molar-refractivity contribution is 0.607. The first-order valence-corrected chi connectivity index (χ1v) is 6.37. The molecule has 2 aromatic rings. The van der Waals surface area contributed by atoms with E-state index in [9.17, 15) is 0 Å². The van der Waals surface area contributed by atoms with Crippen molar-refractivity contribution in [2.24, 2.45) is 0 Å². The fourth-order valence-electron chi connectivity index (χ4n) is 1.92. The van der Waals surface area contributed by atoms with Crippen molar-refractivity contribution in [1.82, 2.24) is 15.6 Å². The Morgan fingerprint density at radius 1 is 1.06 bits per heavy atom. The molecule has 1 aromatic carbocycles. The molecule has 1 aromatic heterocycles. The Balaban J connectivity index is 1.75. The third-order valence-corrected chi connectivity index (χ3v) is 2.85. The molecule has 3 N–H and O–H groups in total. The summed E-state index contributed by atoms with van der Waals surface area (Å²) in [5.41, 5.74) is 2.55. The smallest absolute Gasteiger partial charge is 0.0454 e. The maximum Gasteiger partial charge on any atom is 0.0454 e. The van der Waals surface area contributed by atoms with E-state index >= 15 is 0 Å². The Kier molecular flexibility index (Phi) is 4.59. The van der Waals surface area contributed by atoms with Gasteiger partial charge in [0, 0.05) is 31.3 Å². The lowest BCUT2D eigenvalue weighted by atomic mass is 10.1. The highest BCUT2D eigenvalue weighted by Gasteiger charge is 1.96. The van der Waals surface area contributed by atoms with Gasteiger partial charge in [-0.25, -0.2) is 0 Å². The molecule has 0 aliphatic heterocycles. The predicted molar refractivity (Wildman–Crippen MR) is 73.2 cm³/mol. The minimum absolute atomic E-state index is 0.939. The largest absolute Gasteiger partial charge is 0.361 e. The highest BCUT2D eigenvalue weighted by molar-refractivity contribution is 5.79. The molecule has 1 heterocycles. The zero-order chi connectivity index (χ0) is 11.9. The van der Waals surface area contributed by atoms with Crippen LogP contribution in [0, 0.1) is 0 Å². The van der Waals surface area contributed by atoms with Crippen molar-refractivity contribution in [1.29, 1.82) is 0 Å². The van der Waals surface area contributed by atoms with Crippen molar-refractivity contribution in [3.8, 4) is 0 Å². The molecule has 0 saturated heterocycles. The minimum Gasteiger partial charge on any atom is -0.361 e. The van der Waals surface area contributed by atoms with Crippen LogP contribution in [0.5, 0.6) is 0 Å². The Hall–Kier alpha value is -1.32. The van der Waals surface area contributed by atoms with Gasteiger partial charge in [-0.05, 0) is 42.1 Å². The average molecular weight is 231 g/mol. The molecule has 0 atom stereocenters. The average Bonchev–Trinajstić information content (AvgIpc) is 2.81. The Labute approximate surface area is 103 Å². The normalized spacial score (nSPS) is 11.1. The van der Waals surface area contributed by atoms with E-state index in [0.717, 1.165) is 26.2 Å². The monoisotopic (exact) mass is 231 g/mol. The van der Waals surface area contributed by atoms with Crippen LogP contribution in [0.3, 0.4) is 0 Å². The van der Waals surface area contributed by atoms with Crippen molar-refractivity contribution in [3.63, 3.8) is 0 Å². The lowest BCUT2D eigenvalue weighted by Crippen LogP contribution is -2.27. The van der Waals surface area contributed by atoms with Crippen molar-refractivity contribution in [2.75, 3.05) is 19.6 Å². The number of hydrogen-bond acceptors (Lipinski definition) is 2. The number of fused-ring (bicyclic) bond motifs is 1. The van der Waals surface area contributed by atoms with Crippen molar-refractivity contribution in [2.45, 2.75) is 19.9 Å². The summed E-state index contributed by atoms with van der Waals surface area (Å²) in [5, 5.41) is 8.11. The molecular weight excluding hydrogens is 210 g/mol. The van der Waals surface area contributed by atoms with Crippen LogP contribution in [0.15, 0.2) is 30.5 Å². The van der Waals surface area contributed by atoms with Crippen LogP contribution in [-0.4, -0.2) is 24.6 Å². The third-order valence-electron chi connectivity index (χ3n) is 2.85. The predicted octanol–water partition coefficient (Wildman–Crippen LogP) is 2.26. The van der Waals surface area contributed by atoms with Gasteiger partial charge in [0.05, 0.1) is 0 Å². The van der Waals surface area contributed by atoms with Crippen LogP contribution in [0.25, 0.3) is 10.9 Å². The van der Waals surface area contributed by atoms with Gasteiger partial charge in [-0.3, -0.25) is 0 Å². The molecule has 0 saturated carbocycles. The fraction of sp³-hybridized carbons (Fsp3) is 0.429. The van der Waals surface area contributed by atoms with Crippen LogP contribution in [0.2, 0.25) is 0 Å². The number of rotatable bonds is 7. The maximum atomic E-state index is 3.44. The summed E-state index contributed by atoms with van der Waals surface area (Å²) in [5.74, 6) is 0. The number of benzene rings is 1. The van der Waals surface area contributed by atoms with Gasteiger partial charge in [-0.2, -0.15) is 0 Å². The Morgan fingerprint density at radius 3 is 2.82 bits per heavy atom. The molecule has 0 radical (unpaired) electrons. The zero-order valence-electron chi connectivity index (χ0n) is 10.4. The van der Waals surface area contributed by atoms with Crippen molar-refractivity contribution < 1.29 is 0 Å². The summed E-state index contributed by atoms with van der Waals surface area (Å²) < 4.78 is 0. The molecule has 0 unspecified atom stereocenters. The van der Waals surface area contributed by atoms with Crippen LogP contribution < -0.4 is 10.6 Å². The van der Waals surface area contributed by atoms with Gasteiger partial charge in [0.15, 0.2) is 0 Å². The van der Waals surface area contributed by atoms with Gasteiger partial charge in [0.25, 0.3) is 0 Å². The number of aromatic nitrogens is 1. The molecule has 3 heteroatoms. The van der Waals surface area contributed by atoms with E-state index in [1.54, 1.807) is 0 Å². The van der Waals surface area contributed by atoms with E-state index < -0.39 is 0 Å². The van der Waals surface area contributed by atoms with Crippen LogP contribution in [-0.2, 0) is 6.54 Å². The molecule has 0 aliphatic rings. The first-order chi connectivity index (χ1) is 8.40. The van der Waals surface area contributed by atoms with E-state index in [1.807, 2.05) is 6.20 Å². The number of aromatic amines is 1. The molecule has 3 nitrogen and oxygen atoms in total. The highest BCUT2D eigenvalue weighted by Crippen LogP contribution is 2.13. The summed E-state index contributed by atoms with van der Waals surface area (Å²) in [6.45, 7) is 6.30. The molecule has 0 aliphatic carbocycles. The summed E-state index contributed by atoms with van der Waals surface area (Å²) in [6, 6.07) is 8.66. The maximum absolute atomic E-state index is 3.44. The number of H-pyrrole nitrogens is 1. The topological polar surface area (TPSA) is 39.8 Å². The van der Waals surface area contributed by atoms with Gasteiger partial charge < -0.3 is 15.6 Å². The molecule has 0 spiro atoms. The molecule has 0 bridgehead atoms. The van der Waals surface area contributed by atoms with E-state index in [2.05, 4.69) is 46.8 Å². The van der Waals surface area contributed by atoms with Crippen molar-refractivity contribution >= 4 is 10.9 Å².